The first-order valence-corrected chi connectivity index (χ1v) is 13.1. The molecule has 0 aliphatic carbocycles. The van der Waals surface area contributed by atoms with E-state index in [2.05, 4.69) is 20.3 Å². The van der Waals surface area contributed by atoms with Crippen LogP contribution in [-0.2, 0) is 4.79 Å². The highest BCUT2D eigenvalue weighted by Crippen LogP contribution is 2.36. The number of nitrogens with zero attached hydrogens (tertiary/aromatic N) is 5. The summed E-state index contributed by atoms with van der Waals surface area (Å²) in [5, 5.41) is 3.92. The summed E-state index contributed by atoms with van der Waals surface area (Å²) in [6.45, 7) is 2.02. The van der Waals surface area contributed by atoms with Gasteiger partial charge in [-0.25, -0.2) is 13.2 Å². The minimum atomic E-state index is -1.07. The lowest BCUT2D eigenvalue weighted by Crippen LogP contribution is -2.41. The van der Waals surface area contributed by atoms with Gasteiger partial charge >= 0.3 is 6.01 Å². The average molecular weight is 549 g/mol. The lowest BCUT2D eigenvalue weighted by Gasteiger charge is -2.27. The van der Waals surface area contributed by atoms with Crippen molar-refractivity contribution < 1.29 is 22.7 Å². The molecule has 206 valence electrons. The fraction of sp³-hybridized carbons (Fsp3) is 0.310. The largest absolute Gasteiger partial charge is 0.467 e. The van der Waals surface area contributed by atoms with Gasteiger partial charge < -0.3 is 19.9 Å². The van der Waals surface area contributed by atoms with E-state index in [0.717, 1.165) is 19.0 Å². The van der Waals surface area contributed by atoms with Crippen LogP contribution < -0.4 is 15.0 Å². The Balaban J connectivity index is 1.36. The Morgan fingerprint density at radius 3 is 2.73 bits per heavy atom. The molecule has 2 aromatic carbocycles. The van der Waals surface area contributed by atoms with E-state index in [1.54, 1.807) is 23.1 Å². The molecular weight excluding hydrogens is 521 g/mol. The van der Waals surface area contributed by atoms with Crippen LogP contribution in [0.5, 0.6) is 6.01 Å². The van der Waals surface area contributed by atoms with Crippen molar-refractivity contribution in [3.63, 3.8) is 0 Å². The van der Waals surface area contributed by atoms with Gasteiger partial charge in [-0.1, -0.05) is 30.3 Å². The van der Waals surface area contributed by atoms with Crippen LogP contribution in [0.1, 0.15) is 12.8 Å². The highest BCUT2D eigenvalue weighted by Gasteiger charge is 2.31. The topological polar surface area (TPSA) is 83.5 Å². The molecule has 2 aliphatic heterocycles. The quantitative estimate of drug-likeness (QED) is 0.361. The smallest absolute Gasteiger partial charge is 0.318 e. The number of rotatable bonds is 6. The Hall–Kier alpha value is -4.25. The number of amides is 1. The molecule has 6 rings (SSSR count). The van der Waals surface area contributed by atoms with Crippen molar-refractivity contribution in [2.45, 2.75) is 24.9 Å². The molecular formula is C29H27F3N6O2. The average Bonchev–Trinajstić information content (AvgIpc) is 3.44. The third-order valence-corrected chi connectivity index (χ3v) is 7.71. The van der Waals surface area contributed by atoms with E-state index in [0.29, 0.717) is 36.1 Å². The molecule has 2 atom stereocenters. The van der Waals surface area contributed by atoms with E-state index >= 15 is 4.39 Å². The number of hydrogen-bond acceptors (Lipinski definition) is 7. The van der Waals surface area contributed by atoms with Crippen LogP contribution in [-0.4, -0.2) is 71.6 Å². The van der Waals surface area contributed by atoms with Crippen LogP contribution in [0.25, 0.3) is 32.9 Å². The summed E-state index contributed by atoms with van der Waals surface area (Å²) >= 11 is 0. The van der Waals surface area contributed by atoms with Crippen LogP contribution in [0.4, 0.5) is 19.0 Å². The number of benzene rings is 2. The molecule has 2 saturated heterocycles. The van der Waals surface area contributed by atoms with E-state index in [4.69, 9.17) is 4.74 Å². The standard InChI is InChI=1S/C29H27F3N6O2/c1-37(18-11-13-38(15-18)22(39)9-7-17-10-12-33-17)28-20-14-34-26(25(32)27(20)35-29(36-28)40-2)19-5-3-4-16-6-8-21(30)24(31)23(16)19/h3-9,14,17-18,33H,10-13,15H2,1-2H3/b9-7+. The SMILES string of the molecule is COc1nc(N(C)C2CCN(C(=O)/C=C/C3CCN3)C2)c2cnc(-c3cccc4ccc(F)c(F)c34)c(F)c2n1. The highest BCUT2D eigenvalue weighted by molar-refractivity contribution is 5.99. The van der Waals surface area contributed by atoms with Crippen molar-refractivity contribution in [1.82, 2.24) is 25.2 Å². The summed E-state index contributed by atoms with van der Waals surface area (Å²) in [6, 6.07) is 7.33. The van der Waals surface area contributed by atoms with E-state index in [9.17, 15) is 13.6 Å². The summed E-state index contributed by atoms with van der Waals surface area (Å²) in [5.74, 6) is -2.57. The number of halogens is 3. The van der Waals surface area contributed by atoms with Crippen molar-refractivity contribution in [2.24, 2.45) is 0 Å². The number of carbonyl (C=O) groups is 1. The molecule has 2 fully saturated rings. The number of nitrogens with one attached hydrogen (secondary N) is 1. The van der Waals surface area contributed by atoms with Gasteiger partial charge in [0.1, 0.15) is 17.0 Å². The molecule has 0 saturated carbocycles. The van der Waals surface area contributed by atoms with Crippen molar-refractivity contribution in [3.8, 4) is 17.3 Å². The summed E-state index contributed by atoms with van der Waals surface area (Å²) in [4.78, 5) is 29.4. The Morgan fingerprint density at radius 2 is 1.98 bits per heavy atom. The molecule has 1 amide bonds. The molecule has 2 aromatic heterocycles. The molecule has 1 N–H and O–H groups in total. The molecule has 2 unspecified atom stereocenters. The summed E-state index contributed by atoms with van der Waals surface area (Å²) < 4.78 is 50.3. The first-order chi connectivity index (χ1) is 19.4. The first-order valence-electron chi connectivity index (χ1n) is 13.1. The molecule has 0 spiro atoms. The van der Waals surface area contributed by atoms with Gasteiger partial charge in [-0.2, -0.15) is 9.97 Å². The number of likely N-dealkylation sites (N-methyl/N-ethyl adjacent to an activating group) is 1. The fourth-order valence-electron chi connectivity index (χ4n) is 5.29. The number of methoxy groups -OCH3 is 1. The minimum Gasteiger partial charge on any atom is -0.467 e. The lowest BCUT2D eigenvalue weighted by molar-refractivity contribution is -0.125. The van der Waals surface area contributed by atoms with Gasteiger partial charge in [0, 0.05) is 55.4 Å². The van der Waals surface area contributed by atoms with Crippen molar-refractivity contribution in [2.75, 3.05) is 38.7 Å². The maximum absolute atomic E-state index is 16.1. The lowest BCUT2D eigenvalue weighted by atomic mass is 10.00. The van der Waals surface area contributed by atoms with Crippen LogP contribution >= 0.6 is 0 Å². The first kappa shape index (κ1) is 26.0. The number of fused-ring (bicyclic) bond motifs is 2. The Morgan fingerprint density at radius 1 is 1.15 bits per heavy atom. The number of pyridine rings is 1. The van der Waals surface area contributed by atoms with Gasteiger partial charge in [0.2, 0.25) is 5.91 Å². The minimum absolute atomic E-state index is 0.0502. The molecule has 8 nitrogen and oxygen atoms in total. The van der Waals surface area contributed by atoms with Crippen LogP contribution in [0.15, 0.2) is 48.7 Å². The van der Waals surface area contributed by atoms with Gasteiger partial charge in [0.25, 0.3) is 0 Å². The molecule has 4 aromatic rings. The highest BCUT2D eigenvalue weighted by atomic mass is 19.2. The second-order valence-corrected chi connectivity index (χ2v) is 10.0. The summed E-state index contributed by atoms with van der Waals surface area (Å²) in [7, 11) is 3.20. The fourth-order valence-corrected chi connectivity index (χ4v) is 5.29. The maximum Gasteiger partial charge on any atom is 0.318 e. The maximum atomic E-state index is 16.1. The second-order valence-electron chi connectivity index (χ2n) is 10.0. The van der Waals surface area contributed by atoms with E-state index in [1.165, 1.54) is 25.4 Å². The van der Waals surface area contributed by atoms with Crippen molar-refractivity contribution in [1.29, 1.82) is 0 Å². The number of carbonyl (C=O) groups excluding carboxylic acids is 1. The molecule has 0 radical (unpaired) electrons. The third-order valence-electron chi connectivity index (χ3n) is 7.71. The van der Waals surface area contributed by atoms with Crippen LogP contribution in [0.2, 0.25) is 0 Å². The normalized spacial score (nSPS) is 19.0. The van der Waals surface area contributed by atoms with Gasteiger partial charge in [0.05, 0.1) is 12.5 Å². The van der Waals surface area contributed by atoms with Crippen LogP contribution in [0, 0.1) is 17.5 Å². The van der Waals surface area contributed by atoms with Gasteiger partial charge in [0.15, 0.2) is 17.5 Å². The predicted molar refractivity (Wildman–Crippen MR) is 146 cm³/mol. The second kappa shape index (κ2) is 10.4. The molecule has 0 bridgehead atoms. The van der Waals surface area contributed by atoms with Crippen LogP contribution in [0.3, 0.4) is 0 Å². The number of aromatic nitrogens is 3. The molecule has 11 heteroatoms. The van der Waals surface area contributed by atoms with Gasteiger partial charge in [-0.15, -0.1) is 0 Å². The zero-order valence-electron chi connectivity index (χ0n) is 22.0. The van der Waals surface area contributed by atoms with Crippen molar-refractivity contribution in [3.05, 3.63) is 66.1 Å². The molecule has 2 aliphatic rings. The monoisotopic (exact) mass is 548 g/mol. The summed E-state index contributed by atoms with van der Waals surface area (Å²) in [5.41, 5.74) is -0.117. The Bertz CT molecular complexity index is 1660. The number of ether oxygens (including phenoxy) is 1. The van der Waals surface area contributed by atoms with Crippen molar-refractivity contribution >= 4 is 33.4 Å². The molecule has 4 heterocycles. The van der Waals surface area contributed by atoms with E-state index < -0.39 is 17.5 Å². The Labute approximate surface area is 228 Å². The predicted octanol–water partition coefficient (Wildman–Crippen LogP) is 4.23. The van der Waals surface area contributed by atoms with Gasteiger partial charge in [-0.05, 0) is 30.8 Å². The number of likely N-dealkylation sites (tertiary alicyclic amines) is 1. The summed E-state index contributed by atoms with van der Waals surface area (Å²) in [6.07, 6.45) is 6.66. The number of anilines is 1. The zero-order chi connectivity index (χ0) is 28.0. The third kappa shape index (κ3) is 4.49. The molecule has 40 heavy (non-hydrogen) atoms. The number of hydrogen-bond donors (Lipinski definition) is 1. The zero-order valence-corrected chi connectivity index (χ0v) is 22.0. The van der Waals surface area contributed by atoms with E-state index in [-0.39, 0.29) is 46.2 Å². The van der Waals surface area contributed by atoms with E-state index in [1.807, 2.05) is 18.0 Å². The van der Waals surface area contributed by atoms with Gasteiger partial charge in [-0.3, -0.25) is 9.78 Å². The Kier molecular flexibility index (Phi) is 6.75.